The fraction of sp³-hybridized carbons (Fsp3) is 1.00. The van der Waals surface area contributed by atoms with Crippen LogP contribution in [0.2, 0.25) is 0 Å². The van der Waals surface area contributed by atoms with E-state index in [2.05, 4.69) is 53.5 Å². The van der Waals surface area contributed by atoms with Gasteiger partial charge in [0.05, 0.1) is 30.0 Å². The number of rotatable bonds is 4. The third kappa shape index (κ3) is 4.40. The van der Waals surface area contributed by atoms with Gasteiger partial charge in [0.15, 0.2) is 0 Å². The highest BCUT2D eigenvalue weighted by Gasteiger charge is 2.51. The molecule has 0 aromatic heterocycles. The van der Waals surface area contributed by atoms with Crippen molar-refractivity contribution >= 4 is 0 Å². The van der Waals surface area contributed by atoms with Crippen LogP contribution in [0, 0.1) is 0 Å². The van der Waals surface area contributed by atoms with Crippen molar-refractivity contribution in [2.45, 2.75) is 58.3 Å². The summed E-state index contributed by atoms with van der Waals surface area (Å²) in [6.45, 7) is 15.1. The Morgan fingerprint density at radius 3 is 1.44 bits per heavy atom. The van der Waals surface area contributed by atoms with Gasteiger partial charge in [-0.15, -0.1) is 0 Å². The van der Waals surface area contributed by atoms with Crippen molar-refractivity contribution in [3.05, 3.63) is 0 Å². The largest absolute Gasteiger partial charge is 0.374 e. The molecule has 1 aliphatic rings. The summed E-state index contributed by atoms with van der Waals surface area (Å²) in [5, 5.41) is 0. The van der Waals surface area contributed by atoms with Crippen molar-refractivity contribution in [3.63, 3.8) is 0 Å². The fourth-order valence-corrected chi connectivity index (χ4v) is 1.46. The molecule has 96 valence electrons. The van der Waals surface area contributed by atoms with Crippen LogP contribution in [0.25, 0.3) is 0 Å². The van der Waals surface area contributed by atoms with Crippen molar-refractivity contribution in [3.8, 4) is 0 Å². The summed E-state index contributed by atoms with van der Waals surface area (Å²) in [5.74, 6) is 0. The summed E-state index contributed by atoms with van der Waals surface area (Å²) in [6, 6.07) is 0. The number of ether oxygens (including phenoxy) is 2. The van der Waals surface area contributed by atoms with Gasteiger partial charge in [0, 0.05) is 6.54 Å². The normalized spacial score (nSPS) is 24.6. The lowest BCUT2D eigenvalue weighted by Crippen LogP contribution is -2.37. The number of hydrogen-bond acceptors (Lipinski definition) is 3. The fourth-order valence-electron chi connectivity index (χ4n) is 1.46. The lowest BCUT2D eigenvalue weighted by molar-refractivity contribution is -0.0642. The first kappa shape index (κ1) is 13.9. The van der Waals surface area contributed by atoms with Crippen LogP contribution in [0.15, 0.2) is 0 Å². The van der Waals surface area contributed by atoms with Gasteiger partial charge in [0.25, 0.3) is 0 Å². The second kappa shape index (κ2) is 4.28. The molecular weight excluding hydrogens is 202 g/mol. The third-order valence-electron chi connectivity index (χ3n) is 2.79. The maximum absolute atomic E-state index is 5.87. The Kier molecular flexibility index (Phi) is 3.73. The molecule has 0 aromatic carbocycles. The van der Waals surface area contributed by atoms with Gasteiger partial charge in [0.1, 0.15) is 0 Å². The second-order valence-electron chi connectivity index (χ2n) is 6.88. The van der Waals surface area contributed by atoms with Crippen molar-refractivity contribution in [2.75, 3.05) is 26.8 Å². The van der Waals surface area contributed by atoms with Crippen LogP contribution in [0.3, 0.4) is 0 Å². The van der Waals surface area contributed by atoms with Gasteiger partial charge in [0.2, 0.25) is 0 Å². The number of hydrogen-bond donors (Lipinski definition) is 0. The van der Waals surface area contributed by atoms with Crippen LogP contribution in [-0.2, 0) is 9.47 Å². The molecule has 0 spiro atoms. The average molecular weight is 229 g/mol. The molecule has 0 aromatic rings. The highest BCUT2D eigenvalue weighted by molar-refractivity contribution is 5.06. The molecule has 3 nitrogen and oxygen atoms in total. The van der Waals surface area contributed by atoms with Crippen LogP contribution in [0.1, 0.15) is 41.5 Å². The highest BCUT2D eigenvalue weighted by Crippen LogP contribution is 2.33. The summed E-state index contributed by atoms with van der Waals surface area (Å²) in [5.41, 5.74) is -0.0309. The molecule has 0 bridgehead atoms. The van der Waals surface area contributed by atoms with E-state index < -0.39 is 0 Å². The van der Waals surface area contributed by atoms with E-state index in [1.807, 2.05) is 0 Å². The van der Waals surface area contributed by atoms with Crippen LogP contribution in [-0.4, -0.2) is 48.4 Å². The first-order chi connectivity index (χ1) is 7.04. The predicted molar refractivity (Wildman–Crippen MR) is 66.8 cm³/mol. The molecule has 1 rings (SSSR count). The van der Waals surface area contributed by atoms with E-state index in [9.17, 15) is 0 Å². The zero-order chi connectivity index (χ0) is 12.6. The van der Waals surface area contributed by atoms with Gasteiger partial charge in [-0.1, -0.05) is 0 Å². The summed E-state index contributed by atoms with van der Waals surface area (Å²) in [7, 11) is 2.12. The maximum atomic E-state index is 5.87. The standard InChI is InChI=1S/C13H27NO2/c1-11(2,3)15-9-13(8-14(13)7)10-16-12(4,5)6/h8-10H2,1-7H3. The zero-order valence-electron chi connectivity index (χ0n) is 11.9. The highest BCUT2D eigenvalue weighted by atomic mass is 16.5. The summed E-state index contributed by atoms with van der Waals surface area (Å²) >= 11 is 0. The number of nitrogens with zero attached hydrogens (tertiary/aromatic N) is 1. The van der Waals surface area contributed by atoms with Gasteiger partial charge in [-0.25, -0.2) is 0 Å². The van der Waals surface area contributed by atoms with Crippen LogP contribution >= 0.6 is 0 Å². The molecule has 0 radical (unpaired) electrons. The SMILES string of the molecule is CN1CC1(COC(C)(C)C)COC(C)(C)C. The monoisotopic (exact) mass is 229 g/mol. The Morgan fingerprint density at radius 2 is 1.25 bits per heavy atom. The van der Waals surface area contributed by atoms with Gasteiger partial charge in [-0.3, -0.25) is 4.90 Å². The van der Waals surface area contributed by atoms with Crippen molar-refractivity contribution in [1.29, 1.82) is 0 Å². The van der Waals surface area contributed by atoms with Gasteiger partial charge >= 0.3 is 0 Å². The van der Waals surface area contributed by atoms with Crippen molar-refractivity contribution < 1.29 is 9.47 Å². The van der Waals surface area contributed by atoms with E-state index in [-0.39, 0.29) is 16.7 Å². The lowest BCUT2D eigenvalue weighted by Gasteiger charge is -2.27. The third-order valence-corrected chi connectivity index (χ3v) is 2.79. The van der Waals surface area contributed by atoms with Crippen LogP contribution in [0.4, 0.5) is 0 Å². The quantitative estimate of drug-likeness (QED) is 0.690. The first-order valence-corrected chi connectivity index (χ1v) is 6.03. The molecule has 0 saturated carbocycles. The molecule has 16 heavy (non-hydrogen) atoms. The molecule has 1 aliphatic heterocycles. The Morgan fingerprint density at radius 1 is 0.938 bits per heavy atom. The minimum absolute atomic E-state index is 0.0713. The summed E-state index contributed by atoms with van der Waals surface area (Å²) in [6.07, 6.45) is 0. The number of likely N-dealkylation sites (N-methyl/N-ethyl adjacent to an activating group) is 1. The van der Waals surface area contributed by atoms with Crippen LogP contribution < -0.4 is 0 Å². The molecule has 1 fully saturated rings. The van der Waals surface area contributed by atoms with E-state index >= 15 is 0 Å². The molecule has 0 N–H and O–H groups in total. The molecule has 3 heteroatoms. The Hall–Kier alpha value is -0.120. The minimum Gasteiger partial charge on any atom is -0.374 e. The van der Waals surface area contributed by atoms with Gasteiger partial charge in [-0.2, -0.15) is 0 Å². The average Bonchev–Trinajstić information content (AvgIpc) is 2.69. The lowest BCUT2D eigenvalue weighted by atomic mass is 10.1. The molecule has 0 aliphatic carbocycles. The molecular formula is C13H27NO2. The van der Waals surface area contributed by atoms with Crippen molar-refractivity contribution in [2.24, 2.45) is 0 Å². The Balaban J connectivity index is 2.41. The van der Waals surface area contributed by atoms with E-state index in [4.69, 9.17) is 9.47 Å². The topological polar surface area (TPSA) is 21.5 Å². The smallest absolute Gasteiger partial charge is 0.0805 e. The first-order valence-electron chi connectivity index (χ1n) is 6.03. The Bertz CT molecular complexity index is 219. The summed E-state index contributed by atoms with van der Waals surface area (Å²) < 4.78 is 11.7. The van der Waals surface area contributed by atoms with Crippen LogP contribution in [0.5, 0.6) is 0 Å². The van der Waals surface area contributed by atoms with E-state index in [0.717, 1.165) is 19.8 Å². The summed E-state index contributed by atoms with van der Waals surface area (Å²) in [4.78, 5) is 2.30. The molecule has 0 amide bonds. The Labute approximate surface area is 100 Å². The zero-order valence-corrected chi connectivity index (χ0v) is 11.9. The van der Waals surface area contributed by atoms with Crippen molar-refractivity contribution in [1.82, 2.24) is 4.90 Å². The molecule has 1 saturated heterocycles. The second-order valence-corrected chi connectivity index (χ2v) is 6.88. The molecule has 1 unspecified atom stereocenters. The van der Waals surface area contributed by atoms with E-state index in [1.54, 1.807) is 0 Å². The van der Waals surface area contributed by atoms with Gasteiger partial charge in [-0.05, 0) is 48.6 Å². The van der Waals surface area contributed by atoms with E-state index in [0.29, 0.717) is 0 Å². The predicted octanol–water partition coefficient (Wildman–Crippen LogP) is 2.30. The van der Waals surface area contributed by atoms with Gasteiger partial charge < -0.3 is 9.47 Å². The minimum atomic E-state index is -0.0713. The molecule has 1 heterocycles. The van der Waals surface area contributed by atoms with E-state index in [1.165, 1.54) is 0 Å². The maximum Gasteiger partial charge on any atom is 0.0805 e. The molecule has 1 atom stereocenters.